The van der Waals surface area contributed by atoms with Crippen molar-refractivity contribution < 1.29 is 9.13 Å². The van der Waals surface area contributed by atoms with Gasteiger partial charge in [-0.3, -0.25) is 4.98 Å². The molecule has 0 bridgehead atoms. The highest BCUT2D eigenvalue weighted by atomic mass is 19.1. The van der Waals surface area contributed by atoms with E-state index in [1.54, 1.807) is 18.5 Å². The molecule has 1 atom stereocenters. The summed E-state index contributed by atoms with van der Waals surface area (Å²) in [6.45, 7) is 4.34. The van der Waals surface area contributed by atoms with Crippen molar-refractivity contribution in [3.8, 4) is 16.9 Å². The fourth-order valence-corrected chi connectivity index (χ4v) is 1.99. The van der Waals surface area contributed by atoms with Gasteiger partial charge in [0.05, 0.1) is 12.8 Å². The van der Waals surface area contributed by atoms with E-state index < -0.39 is 0 Å². The van der Waals surface area contributed by atoms with Gasteiger partial charge in [0.1, 0.15) is 11.6 Å². The number of aromatic nitrogens is 1. The van der Waals surface area contributed by atoms with Crippen LogP contribution in [0, 0.1) is 5.82 Å². The molecule has 0 amide bonds. The van der Waals surface area contributed by atoms with Crippen LogP contribution in [0.5, 0.6) is 5.75 Å². The number of hydrogen-bond acceptors (Lipinski definition) is 3. The van der Waals surface area contributed by atoms with Crippen LogP contribution in [0.1, 0.15) is 25.5 Å². The Hall–Kier alpha value is -1.94. The first-order chi connectivity index (χ1) is 9.11. The van der Waals surface area contributed by atoms with Crippen LogP contribution in [0.15, 0.2) is 36.7 Å². The molecule has 0 fully saturated rings. The highest BCUT2D eigenvalue weighted by Crippen LogP contribution is 2.29. The maximum atomic E-state index is 13.5. The molecule has 0 saturated heterocycles. The molecule has 0 radical (unpaired) electrons. The summed E-state index contributed by atoms with van der Waals surface area (Å²) in [6.07, 6.45) is 3.32. The number of hydrogen-bond donors (Lipinski definition) is 1. The molecular formula is C15H17FN2O. The van der Waals surface area contributed by atoms with Crippen molar-refractivity contribution in [3.05, 3.63) is 48.0 Å². The Kier molecular flexibility index (Phi) is 4.12. The highest BCUT2D eigenvalue weighted by Gasteiger charge is 2.11. The number of benzene rings is 1. The Morgan fingerprint density at radius 1 is 1.32 bits per heavy atom. The molecule has 1 aromatic carbocycles. The SMILES string of the molecule is CCOc1cncc(-c2cc(F)ccc2C(C)N)c1. The molecule has 2 aromatic rings. The largest absolute Gasteiger partial charge is 0.492 e. The number of nitrogens with zero attached hydrogens (tertiary/aromatic N) is 1. The van der Waals surface area contributed by atoms with Crippen LogP contribution in [0.4, 0.5) is 4.39 Å². The molecule has 0 aliphatic rings. The molecule has 1 aromatic heterocycles. The third-order valence-electron chi connectivity index (χ3n) is 2.84. The molecule has 2 rings (SSSR count). The van der Waals surface area contributed by atoms with Gasteiger partial charge in [-0.25, -0.2) is 4.39 Å². The average Bonchev–Trinajstić information content (AvgIpc) is 2.39. The van der Waals surface area contributed by atoms with Gasteiger partial charge in [0, 0.05) is 17.8 Å². The standard InChI is InChI=1S/C15H17FN2O/c1-3-19-13-6-11(8-18-9-13)15-7-12(16)4-5-14(15)10(2)17/h4-10H,3,17H2,1-2H3. The van der Waals surface area contributed by atoms with E-state index in [-0.39, 0.29) is 11.9 Å². The van der Waals surface area contributed by atoms with Crippen LogP contribution in [-0.4, -0.2) is 11.6 Å². The average molecular weight is 260 g/mol. The molecular weight excluding hydrogens is 243 g/mol. The zero-order chi connectivity index (χ0) is 13.8. The minimum Gasteiger partial charge on any atom is -0.492 e. The maximum absolute atomic E-state index is 13.5. The van der Waals surface area contributed by atoms with Crippen molar-refractivity contribution in [2.24, 2.45) is 5.73 Å². The minimum absolute atomic E-state index is 0.175. The van der Waals surface area contributed by atoms with Crippen molar-refractivity contribution in [2.75, 3.05) is 6.61 Å². The summed E-state index contributed by atoms with van der Waals surface area (Å²) >= 11 is 0. The Morgan fingerprint density at radius 3 is 2.79 bits per heavy atom. The minimum atomic E-state index is -0.291. The molecule has 0 saturated carbocycles. The van der Waals surface area contributed by atoms with E-state index in [1.165, 1.54) is 12.1 Å². The molecule has 19 heavy (non-hydrogen) atoms. The summed E-state index contributed by atoms with van der Waals surface area (Å²) in [5, 5.41) is 0. The fraction of sp³-hybridized carbons (Fsp3) is 0.267. The number of halogens is 1. The predicted octanol–water partition coefficient (Wildman–Crippen LogP) is 3.31. The Bertz CT molecular complexity index is 570. The van der Waals surface area contributed by atoms with Gasteiger partial charge in [-0.1, -0.05) is 6.07 Å². The summed E-state index contributed by atoms with van der Waals surface area (Å²) in [5.41, 5.74) is 8.37. The smallest absolute Gasteiger partial charge is 0.138 e. The van der Waals surface area contributed by atoms with Gasteiger partial charge in [-0.15, -0.1) is 0 Å². The second-order valence-corrected chi connectivity index (χ2v) is 4.36. The summed E-state index contributed by atoms with van der Waals surface area (Å²) < 4.78 is 18.9. The van der Waals surface area contributed by atoms with Crippen molar-refractivity contribution in [1.82, 2.24) is 4.98 Å². The normalized spacial score (nSPS) is 12.2. The van der Waals surface area contributed by atoms with Crippen molar-refractivity contribution in [3.63, 3.8) is 0 Å². The van der Waals surface area contributed by atoms with Crippen molar-refractivity contribution in [2.45, 2.75) is 19.9 Å². The van der Waals surface area contributed by atoms with E-state index in [0.717, 1.165) is 16.7 Å². The van der Waals surface area contributed by atoms with Crippen LogP contribution >= 0.6 is 0 Å². The van der Waals surface area contributed by atoms with Gasteiger partial charge in [-0.2, -0.15) is 0 Å². The Balaban J connectivity index is 2.51. The second kappa shape index (κ2) is 5.80. The monoisotopic (exact) mass is 260 g/mol. The van der Waals surface area contributed by atoms with Crippen LogP contribution in [0.2, 0.25) is 0 Å². The van der Waals surface area contributed by atoms with E-state index in [4.69, 9.17) is 10.5 Å². The number of pyridine rings is 1. The third kappa shape index (κ3) is 3.09. The Labute approximate surface area is 112 Å². The Morgan fingerprint density at radius 2 is 2.11 bits per heavy atom. The van der Waals surface area contributed by atoms with Crippen LogP contribution in [0.3, 0.4) is 0 Å². The van der Waals surface area contributed by atoms with Gasteiger partial charge in [0.15, 0.2) is 0 Å². The third-order valence-corrected chi connectivity index (χ3v) is 2.84. The molecule has 0 spiro atoms. The lowest BCUT2D eigenvalue weighted by Gasteiger charge is -2.13. The van der Waals surface area contributed by atoms with Crippen LogP contribution in [0.25, 0.3) is 11.1 Å². The fourth-order valence-electron chi connectivity index (χ4n) is 1.99. The molecule has 100 valence electrons. The van der Waals surface area contributed by atoms with E-state index >= 15 is 0 Å². The quantitative estimate of drug-likeness (QED) is 0.917. The van der Waals surface area contributed by atoms with E-state index in [1.807, 2.05) is 19.9 Å². The number of ether oxygens (including phenoxy) is 1. The van der Waals surface area contributed by atoms with E-state index in [0.29, 0.717) is 12.4 Å². The lowest BCUT2D eigenvalue weighted by atomic mass is 9.97. The topological polar surface area (TPSA) is 48.1 Å². The van der Waals surface area contributed by atoms with Crippen molar-refractivity contribution in [1.29, 1.82) is 0 Å². The second-order valence-electron chi connectivity index (χ2n) is 4.36. The van der Waals surface area contributed by atoms with Crippen LogP contribution < -0.4 is 10.5 Å². The molecule has 2 N–H and O–H groups in total. The molecule has 1 unspecified atom stereocenters. The molecule has 0 aliphatic heterocycles. The molecule has 0 aliphatic carbocycles. The summed E-state index contributed by atoms with van der Waals surface area (Å²) in [4.78, 5) is 4.12. The summed E-state index contributed by atoms with van der Waals surface area (Å²) in [5.74, 6) is 0.376. The molecule has 3 nitrogen and oxygen atoms in total. The predicted molar refractivity (Wildman–Crippen MR) is 73.4 cm³/mol. The summed E-state index contributed by atoms with van der Waals surface area (Å²) in [6, 6.07) is 6.28. The molecule has 1 heterocycles. The van der Waals surface area contributed by atoms with Gasteiger partial charge < -0.3 is 10.5 Å². The van der Waals surface area contributed by atoms with Gasteiger partial charge in [0.25, 0.3) is 0 Å². The lowest BCUT2D eigenvalue weighted by Crippen LogP contribution is -2.07. The van der Waals surface area contributed by atoms with Gasteiger partial charge in [-0.05, 0) is 43.2 Å². The van der Waals surface area contributed by atoms with Crippen LogP contribution in [-0.2, 0) is 0 Å². The van der Waals surface area contributed by atoms with Gasteiger partial charge >= 0.3 is 0 Å². The van der Waals surface area contributed by atoms with E-state index in [2.05, 4.69) is 4.98 Å². The number of nitrogens with two attached hydrogens (primary N) is 1. The van der Waals surface area contributed by atoms with Crippen molar-refractivity contribution >= 4 is 0 Å². The zero-order valence-electron chi connectivity index (χ0n) is 11.1. The highest BCUT2D eigenvalue weighted by molar-refractivity contribution is 5.68. The van der Waals surface area contributed by atoms with E-state index in [9.17, 15) is 4.39 Å². The first kappa shape index (κ1) is 13.5. The zero-order valence-corrected chi connectivity index (χ0v) is 11.1. The first-order valence-electron chi connectivity index (χ1n) is 6.25. The number of rotatable bonds is 4. The maximum Gasteiger partial charge on any atom is 0.138 e. The first-order valence-corrected chi connectivity index (χ1v) is 6.25. The van der Waals surface area contributed by atoms with Gasteiger partial charge in [0.2, 0.25) is 0 Å². The summed E-state index contributed by atoms with van der Waals surface area (Å²) in [7, 11) is 0. The lowest BCUT2D eigenvalue weighted by molar-refractivity contribution is 0.339. The molecule has 4 heteroatoms.